The van der Waals surface area contributed by atoms with Crippen LogP contribution in [0.2, 0.25) is 0 Å². The van der Waals surface area contributed by atoms with Gasteiger partial charge in [-0.3, -0.25) is 14.4 Å². The Morgan fingerprint density at radius 1 is 1.18 bits per heavy atom. The number of nitrogens with zero attached hydrogens (tertiary/aromatic N) is 6. The van der Waals surface area contributed by atoms with Crippen molar-refractivity contribution in [2.75, 3.05) is 18.0 Å². The molecule has 0 aliphatic carbocycles. The van der Waals surface area contributed by atoms with Gasteiger partial charge in [0.25, 0.3) is 5.56 Å². The van der Waals surface area contributed by atoms with Gasteiger partial charge in [0.05, 0.1) is 29.0 Å². The first-order valence-electron chi connectivity index (χ1n) is 10.8. The summed E-state index contributed by atoms with van der Waals surface area (Å²) in [6, 6.07) is 6.02. The van der Waals surface area contributed by atoms with Crippen molar-refractivity contribution in [2.45, 2.75) is 45.2 Å². The summed E-state index contributed by atoms with van der Waals surface area (Å²) < 4.78 is 56.8. The highest BCUT2D eigenvalue weighted by Crippen LogP contribution is 2.34. The lowest BCUT2D eigenvalue weighted by molar-refractivity contribution is -0.138. The minimum atomic E-state index is -4.65. The van der Waals surface area contributed by atoms with E-state index < -0.39 is 17.6 Å². The maximum Gasteiger partial charge on any atom is 0.416 e. The predicted molar refractivity (Wildman–Crippen MR) is 119 cm³/mol. The molecule has 1 aliphatic heterocycles. The number of piperazine rings is 1. The van der Waals surface area contributed by atoms with Crippen LogP contribution in [0.1, 0.15) is 25.0 Å². The van der Waals surface area contributed by atoms with E-state index in [0.29, 0.717) is 35.9 Å². The minimum absolute atomic E-state index is 0.0209. The molecule has 1 saturated heterocycles. The third-order valence-corrected chi connectivity index (χ3v) is 6.35. The summed E-state index contributed by atoms with van der Waals surface area (Å²) >= 11 is 0. The van der Waals surface area contributed by atoms with Crippen molar-refractivity contribution in [3.05, 3.63) is 57.8 Å². The first kappa shape index (κ1) is 23.8. The Kier molecular flexibility index (Phi) is 6.12. The average Bonchev–Trinajstić information content (AvgIpc) is 3.18. The van der Waals surface area contributed by atoms with Crippen LogP contribution >= 0.6 is 0 Å². The summed E-state index contributed by atoms with van der Waals surface area (Å²) in [4.78, 5) is 16.6. The van der Waals surface area contributed by atoms with Gasteiger partial charge in [-0.05, 0) is 31.5 Å². The van der Waals surface area contributed by atoms with Gasteiger partial charge < -0.3 is 9.47 Å². The molecular formula is C23H24F4N6O. The van der Waals surface area contributed by atoms with Crippen LogP contribution in [0.5, 0.6) is 0 Å². The molecule has 1 fully saturated rings. The molecule has 34 heavy (non-hydrogen) atoms. The normalized spacial score (nSPS) is 19.5. The molecule has 0 bridgehead atoms. The number of anilines is 1. The lowest BCUT2D eigenvalue weighted by Gasteiger charge is -2.45. The summed E-state index contributed by atoms with van der Waals surface area (Å²) in [6.45, 7) is 4.80. The maximum atomic E-state index is 13.5. The molecular weight excluding hydrogens is 452 g/mol. The molecule has 3 aromatic rings. The van der Waals surface area contributed by atoms with Gasteiger partial charge in [0, 0.05) is 44.8 Å². The SMILES string of the molecule is C[C@@H]1CN(c2cc(=O)n(C)c3cn(CC#N)nc23)[C@@H](C)CN1Cc1ccc(F)cc1C(F)(F)F. The number of hydrogen-bond acceptors (Lipinski definition) is 5. The molecule has 4 rings (SSSR count). The molecule has 0 N–H and O–H groups in total. The molecule has 3 heterocycles. The van der Waals surface area contributed by atoms with Crippen LogP contribution in [0.15, 0.2) is 35.3 Å². The van der Waals surface area contributed by atoms with E-state index in [9.17, 15) is 22.4 Å². The van der Waals surface area contributed by atoms with E-state index in [1.54, 1.807) is 13.2 Å². The fourth-order valence-corrected chi connectivity index (χ4v) is 4.54. The van der Waals surface area contributed by atoms with Gasteiger partial charge >= 0.3 is 6.18 Å². The van der Waals surface area contributed by atoms with E-state index in [1.807, 2.05) is 29.7 Å². The number of aromatic nitrogens is 3. The molecule has 1 aliphatic rings. The van der Waals surface area contributed by atoms with Crippen LogP contribution in [0.25, 0.3) is 11.0 Å². The second-order valence-corrected chi connectivity index (χ2v) is 8.72. The fraction of sp³-hybridized carbons (Fsp3) is 0.435. The number of pyridine rings is 1. The molecule has 2 aromatic heterocycles. The summed E-state index contributed by atoms with van der Waals surface area (Å²) in [5, 5.41) is 13.5. The van der Waals surface area contributed by atoms with E-state index in [0.717, 1.165) is 6.07 Å². The van der Waals surface area contributed by atoms with Gasteiger partial charge in [-0.15, -0.1) is 0 Å². The number of alkyl halides is 3. The Hall–Kier alpha value is -3.39. The van der Waals surface area contributed by atoms with Crippen molar-refractivity contribution in [3.63, 3.8) is 0 Å². The number of fused-ring (bicyclic) bond motifs is 1. The summed E-state index contributed by atoms with van der Waals surface area (Å²) in [5.41, 5.74) is 0.650. The van der Waals surface area contributed by atoms with Gasteiger partial charge in [0.1, 0.15) is 17.9 Å². The van der Waals surface area contributed by atoms with Gasteiger partial charge in [-0.2, -0.15) is 23.5 Å². The minimum Gasteiger partial charge on any atom is -0.364 e. The molecule has 180 valence electrons. The maximum absolute atomic E-state index is 13.5. The zero-order valence-electron chi connectivity index (χ0n) is 19.0. The quantitative estimate of drug-likeness (QED) is 0.539. The Morgan fingerprint density at radius 2 is 1.91 bits per heavy atom. The number of nitriles is 1. The van der Waals surface area contributed by atoms with E-state index >= 15 is 0 Å². The molecule has 7 nitrogen and oxygen atoms in total. The lowest BCUT2D eigenvalue weighted by atomic mass is 10.0. The van der Waals surface area contributed by atoms with Gasteiger partial charge in [0.15, 0.2) is 0 Å². The highest BCUT2D eigenvalue weighted by molar-refractivity contribution is 5.88. The molecule has 0 unspecified atom stereocenters. The third-order valence-electron chi connectivity index (χ3n) is 6.35. The van der Waals surface area contributed by atoms with Crippen molar-refractivity contribution in [3.8, 4) is 6.07 Å². The zero-order valence-corrected chi connectivity index (χ0v) is 19.0. The topological polar surface area (TPSA) is 70.1 Å². The summed E-state index contributed by atoms with van der Waals surface area (Å²) in [6.07, 6.45) is -2.99. The number of aryl methyl sites for hydroxylation is 1. The van der Waals surface area contributed by atoms with Crippen molar-refractivity contribution < 1.29 is 17.6 Å². The number of halogens is 4. The van der Waals surface area contributed by atoms with Crippen LogP contribution in [0.3, 0.4) is 0 Å². The van der Waals surface area contributed by atoms with Gasteiger partial charge in [0.2, 0.25) is 0 Å². The summed E-state index contributed by atoms with van der Waals surface area (Å²) in [7, 11) is 1.64. The lowest BCUT2D eigenvalue weighted by Crippen LogP contribution is -2.56. The largest absolute Gasteiger partial charge is 0.416 e. The van der Waals surface area contributed by atoms with E-state index in [1.165, 1.54) is 21.4 Å². The Balaban J connectivity index is 1.64. The second-order valence-electron chi connectivity index (χ2n) is 8.72. The first-order chi connectivity index (χ1) is 16.0. The molecule has 11 heteroatoms. The van der Waals surface area contributed by atoms with Gasteiger partial charge in [-0.1, -0.05) is 6.07 Å². The van der Waals surface area contributed by atoms with Crippen molar-refractivity contribution in [1.29, 1.82) is 5.26 Å². The van der Waals surface area contributed by atoms with Gasteiger partial charge in [-0.25, -0.2) is 4.39 Å². The smallest absolute Gasteiger partial charge is 0.364 e. The van der Waals surface area contributed by atoms with Crippen LogP contribution in [-0.4, -0.2) is 44.4 Å². The van der Waals surface area contributed by atoms with Crippen LogP contribution < -0.4 is 10.5 Å². The fourth-order valence-electron chi connectivity index (χ4n) is 4.54. The van der Waals surface area contributed by atoms with Crippen LogP contribution in [0, 0.1) is 17.1 Å². The van der Waals surface area contributed by atoms with Crippen molar-refractivity contribution >= 4 is 16.7 Å². The predicted octanol–water partition coefficient (Wildman–Crippen LogP) is 3.52. The van der Waals surface area contributed by atoms with E-state index in [2.05, 4.69) is 5.10 Å². The van der Waals surface area contributed by atoms with Crippen LogP contribution in [0.4, 0.5) is 23.2 Å². The molecule has 0 amide bonds. The standard InChI is InChI=1S/C23H24F4N6O/c1-14-11-33(19-9-21(34)30(3)20-13-32(7-6-28)29-22(19)20)15(2)10-31(14)12-16-4-5-17(24)8-18(16)23(25,26)27/h4-5,8-9,13-15H,7,10-12H2,1-3H3/t14-,15+/m1/s1. The Labute approximate surface area is 193 Å². The number of rotatable bonds is 4. The Morgan fingerprint density at radius 3 is 2.59 bits per heavy atom. The monoisotopic (exact) mass is 476 g/mol. The molecule has 2 atom stereocenters. The highest BCUT2D eigenvalue weighted by Gasteiger charge is 2.36. The number of hydrogen-bond donors (Lipinski definition) is 0. The molecule has 0 radical (unpaired) electrons. The third kappa shape index (κ3) is 4.37. The second kappa shape index (κ2) is 8.76. The molecule has 0 saturated carbocycles. The first-order valence-corrected chi connectivity index (χ1v) is 10.8. The average molecular weight is 476 g/mol. The highest BCUT2D eigenvalue weighted by atomic mass is 19.4. The van der Waals surface area contributed by atoms with E-state index in [4.69, 9.17) is 5.26 Å². The summed E-state index contributed by atoms with van der Waals surface area (Å²) in [5.74, 6) is -0.923. The van der Waals surface area contributed by atoms with E-state index in [-0.39, 0.29) is 36.3 Å². The Bertz CT molecular complexity index is 1320. The van der Waals surface area contributed by atoms with Crippen molar-refractivity contribution in [2.24, 2.45) is 7.05 Å². The van der Waals surface area contributed by atoms with Crippen molar-refractivity contribution in [1.82, 2.24) is 19.2 Å². The zero-order chi connectivity index (χ0) is 24.8. The van der Waals surface area contributed by atoms with Crippen LogP contribution in [-0.2, 0) is 26.3 Å². The molecule has 1 aromatic carbocycles. The molecule has 0 spiro atoms. The number of benzene rings is 1.